The molecule has 0 rings (SSSR count). The predicted molar refractivity (Wildman–Crippen MR) is 207 cm³/mol. The van der Waals surface area contributed by atoms with Crippen LogP contribution in [-0.4, -0.2) is 84.3 Å². The van der Waals surface area contributed by atoms with Gasteiger partial charge in [0.2, 0.25) is 23.6 Å². The third-order valence-corrected chi connectivity index (χ3v) is 9.18. The van der Waals surface area contributed by atoms with E-state index in [2.05, 4.69) is 26.6 Å². The number of hydrogen-bond donors (Lipinski definition) is 5. The number of ether oxygens (including phenoxy) is 1. The second-order valence-electron chi connectivity index (χ2n) is 14.7. The molecule has 0 aliphatic rings. The van der Waals surface area contributed by atoms with Gasteiger partial charge in [-0.1, -0.05) is 95.9 Å². The Kier molecular flexibility index (Phi) is 22.2. The summed E-state index contributed by atoms with van der Waals surface area (Å²) in [5.41, 5.74) is 0. The molecule has 0 aromatic rings. The van der Waals surface area contributed by atoms with Crippen molar-refractivity contribution in [1.29, 1.82) is 0 Å². The second-order valence-corrected chi connectivity index (χ2v) is 15.7. The highest BCUT2D eigenvalue weighted by molar-refractivity contribution is 7.98. The smallest absolute Gasteiger partial charge is 0.407 e. The fraction of sp³-hybridized carbons (Fsp3) is 0.833. The first-order valence-electron chi connectivity index (χ1n) is 18.0. The number of amides is 5. The Morgan fingerprint density at radius 3 is 1.51 bits per heavy atom. The SMILES string of the molecule is CCC(C)C(NC(=O)C(CCSC)NC(=O)OCC(C)C)C(=O)NC(C(=O)NC(C(=O)NC(CC(C)C)C(=O)C(C)C)C(C)CC)C(C)C.[HH].[HH].[HH].[HH].[HH]. The first-order chi connectivity index (χ1) is 22.8. The number of hydrogen-bond acceptors (Lipinski definition) is 8. The van der Waals surface area contributed by atoms with Crippen LogP contribution in [0.4, 0.5) is 4.79 Å². The molecule has 5 amide bonds. The lowest BCUT2D eigenvalue weighted by Gasteiger charge is -2.31. The molecule has 13 heteroatoms. The molecule has 7 atom stereocenters. The molecule has 49 heavy (non-hydrogen) atoms. The largest absolute Gasteiger partial charge is 0.449 e. The van der Waals surface area contributed by atoms with E-state index in [1.807, 2.05) is 61.6 Å². The molecule has 0 heterocycles. The van der Waals surface area contributed by atoms with E-state index < -0.39 is 59.9 Å². The van der Waals surface area contributed by atoms with Gasteiger partial charge < -0.3 is 31.3 Å². The van der Waals surface area contributed by atoms with Gasteiger partial charge in [0, 0.05) is 13.1 Å². The summed E-state index contributed by atoms with van der Waals surface area (Å²) in [4.78, 5) is 80.0. The van der Waals surface area contributed by atoms with E-state index in [1.54, 1.807) is 27.7 Å². The number of nitrogens with one attached hydrogen (secondary N) is 5. The van der Waals surface area contributed by atoms with Crippen LogP contribution in [0.2, 0.25) is 0 Å². The lowest BCUT2D eigenvalue weighted by molar-refractivity contribution is -0.136. The van der Waals surface area contributed by atoms with Crippen molar-refractivity contribution in [2.45, 2.75) is 139 Å². The third kappa shape index (κ3) is 17.1. The second kappa shape index (κ2) is 23.6. The molecule has 0 spiro atoms. The van der Waals surface area contributed by atoms with Crippen molar-refractivity contribution in [2.75, 3.05) is 18.6 Å². The molecule has 0 bridgehead atoms. The van der Waals surface area contributed by atoms with Gasteiger partial charge in [0.15, 0.2) is 5.78 Å². The molecular formula is C36H77N5O7S. The van der Waals surface area contributed by atoms with E-state index in [9.17, 15) is 28.8 Å². The minimum atomic E-state index is -1.02. The Labute approximate surface area is 307 Å². The maximum absolute atomic E-state index is 13.8. The minimum absolute atomic E-state index is 0. The maximum atomic E-state index is 13.8. The van der Waals surface area contributed by atoms with Gasteiger partial charge in [0.25, 0.3) is 0 Å². The fourth-order valence-corrected chi connectivity index (χ4v) is 5.46. The molecule has 0 saturated heterocycles. The van der Waals surface area contributed by atoms with E-state index >= 15 is 0 Å². The van der Waals surface area contributed by atoms with Crippen LogP contribution in [0.5, 0.6) is 0 Å². The third-order valence-electron chi connectivity index (χ3n) is 8.54. The number of rotatable bonds is 23. The molecule has 7 unspecified atom stereocenters. The average molecular weight is 724 g/mol. The normalized spacial score (nSPS) is 15.9. The molecule has 0 aromatic carbocycles. The summed E-state index contributed by atoms with van der Waals surface area (Å²) in [7, 11) is 0. The summed E-state index contributed by atoms with van der Waals surface area (Å²) in [5.74, 6) is -2.44. The first-order valence-corrected chi connectivity index (χ1v) is 19.4. The fourth-order valence-electron chi connectivity index (χ4n) is 4.99. The van der Waals surface area contributed by atoms with Crippen LogP contribution >= 0.6 is 11.8 Å². The predicted octanol–water partition coefficient (Wildman–Crippen LogP) is 5.68. The number of thioether (sulfide) groups is 1. The van der Waals surface area contributed by atoms with E-state index in [-0.39, 0.29) is 55.0 Å². The van der Waals surface area contributed by atoms with Gasteiger partial charge in [-0.3, -0.25) is 24.0 Å². The number of carbonyl (C=O) groups excluding carboxylic acids is 6. The zero-order valence-corrected chi connectivity index (χ0v) is 33.2. The van der Waals surface area contributed by atoms with Crippen molar-refractivity contribution in [2.24, 2.45) is 35.5 Å². The molecule has 0 aliphatic heterocycles. The first kappa shape index (κ1) is 46.2. The molecule has 5 N–H and O–H groups in total. The lowest BCUT2D eigenvalue weighted by Crippen LogP contribution is -2.61. The van der Waals surface area contributed by atoms with Gasteiger partial charge >= 0.3 is 6.09 Å². The van der Waals surface area contributed by atoms with Gasteiger partial charge in [-0.2, -0.15) is 11.8 Å². The van der Waals surface area contributed by atoms with Crippen molar-refractivity contribution in [3.8, 4) is 0 Å². The molecule has 0 saturated carbocycles. The van der Waals surface area contributed by atoms with E-state index in [0.717, 1.165) is 0 Å². The highest BCUT2D eigenvalue weighted by Gasteiger charge is 2.36. The number of carbonyl (C=O) groups is 6. The zero-order chi connectivity index (χ0) is 38.0. The van der Waals surface area contributed by atoms with Crippen LogP contribution in [0.1, 0.15) is 116 Å². The zero-order valence-electron chi connectivity index (χ0n) is 32.4. The van der Waals surface area contributed by atoms with Crippen LogP contribution in [0, 0.1) is 35.5 Å². The van der Waals surface area contributed by atoms with Crippen LogP contribution in [-0.2, 0) is 28.7 Å². The lowest BCUT2D eigenvalue weighted by atomic mass is 9.92. The van der Waals surface area contributed by atoms with Gasteiger partial charge in [-0.25, -0.2) is 4.79 Å². The average Bonchev–Trinajstić information content (AvgIpc) is 3.03. The topological polar surface area (TPSA) is 172 Å². The standard InChI is InChI=1S/C36H67N5O7S.5H2/c1-14-24(11)29(34(45)37-27(18-20(3)4)31(42)23(9)10)41-33(44)28(22(7)8)39-35(46)30(25(12)15-2)40-32(43)26(16-17-49-13)38-36(47)48-19-21(5)6;;;;;/h20-30H,14-19H2,1-13H3,(H,37,45)(H,38,47)(H,39,46)(H,40,43)(H,41,44);5*1H. The maximum Gasteiger partial charge on any atom is 0.407 e. The Morgan fingerprint density at radius 1 is 0.612 bits per heavy atom. The van der Waals surface area contributed by atoms with Crippen molar-refractivity contribution in [3.05, 3.63) is 0 Å². The molecule has 0 aliphatic carbocycles. The Bertz CT molecular complexity index is 1090. The summed E-state index contributed by atoms with van der Waals surface area (Å²) >= 11 is 1.52. The molecule has 294 valence electrons. The highest BCUT2D eigenvalue weighted by Crippen LogP contribution is 2.16. The van der Waals surface area contributed by atoms with Crippen LogP contribution in [0.25, 0.3) is 0 Å². The van der Waals surface area contributed by atoms with E-state index in [1.165, 1.54) is 11.8 Å². The van der Waals surface area contributed by atoms with Gasteiger partial charge in [-0.05, 0) is 54.4 Å². The number of Topliss-reactive ketones (excluding diaryl/α,β-unsaturated/α-hetero) is 1. The summed E-state index contributed by atoms with van der Waals surface area (Å²) in [6.45, 7) is 22.6. The number of ketones is 1. The van der Waals surface area contributed by atoms with Crippen LogP contribution < -0.4 is 26.6 Å². The summed E-state index contributed by atoms with van der Waals surface area (Å²) < 4.78 is 5.22. The number of alkyl carbamates (subject to hydrolysis) is 1. The van der Waals surface area contributed by atoms with Crippen molar-refractivity contribution < 1.29 is 40.6 Å². The van der Waals surface area contributed by atoms with Crippen LogP contribution in [0.15, 0.2) is 0 Å². The Hall–Kier alpha value is -2.83. The quantitative estimate of drug-likeness (QED) is 0.0897. The van der Waals surface area contributed by atoms with E-state index in [4.69, 9.17) is 4.74 Å². The summed E-state index contributed by atoms with van der Waals surface area (Å²) in [6, 6.07) is -4.55. The Morgan fingerprint density at radius 2 is 1.08 bits per heavy atom. The molecular weight excluding hydrogens is 646 g/mol. The van der Waals surface area contributed by atoms with Crippen molar-refractivity contribution in [3.63, 3.8) is 0 Å². The monoisotopic (exact) mass is 724 g/mol. The van der Waals surface area contributed by atoms with Crippen molar-refractivity contribution >= 4 is 47.3 Å². The van der Waals surface area contributed by atoms with E-state index in [0.29, 0.717) is 31.4 Å². The van der Waals surface area contributed by atoms with Gasteiger partial charge in [0.05, 0.1) is 12.6 Å². The van der Waals surface area contributed by atoms with Crippen molar-refractivity contribution in [1.82, 2.24) is 26.6 Å². The minimum Gasteiger partial charge on any atom is -0.449 e. The summed E-state index contributed by atoms with van der Waals surface area (Å²) in [5, 5.41) is 14.0. The molecule has 12 nitrogen and oxygen atoms in total. The van der Waals surface area contributed by atoms with Crippen LogP contribution in [0.3, 0.4) is 0 Å². The molecule has 0 fully saturated rings. The summed E-state index contributed by atoms with van der Waals surface area (Å²) in [6.07, 6.45) is 3.13. The molecule has 0 radical (unpaired) electrons. The highest BCUT2D eigenvalue weighted by atomic mass is 32.2. The Balaban J connectivity index is -0.00000115. The molecule has 0 aromatic heterocycles. The van der Waals surface area contributed by atoms with Gasteiger partial charge in [-0.15, -0.1) is 0 Å². The van der Waals surface area contributed by atoms with Gasteiger partial charge in [0.1, 0.15) is 24.2 Å².